The molecule has 0 aromatic carbocycles. The molecule has 1 saturated heterocycles. The third kappa shape index (κ3) is 3.16. The van der Waals surface area contributed by atoms with Crippen LogP contribution in [0.2, 0.25) is 0 Å². The number of hydrogen-bond donors (Lipinski definition) is 2. The largest absolute Gasteiger partial charge is 0.368 e. The summed E-state index contributed by atoms with van der Waals surface area (Å²) in [5.74, 6) is 1.87. The lowest BCUT2D eigenvalue weighted by atomic mass is 9.87. The number of nitrogens with two attached hydrogens (primary N) is 1. The van der Waals surface area contributed by atoms with Gasteiger partial charge in [0.2, 0.25) is 5.91 Å². The Morgan fingerprint density at radius 1 is 1.19 bits per heavy atom. The molecule has 0 spiro atoms. The average molecular weight is 505 g/mol. The molecule has 1 aliphatic carbocycles. The molecule has 6 rings (SSSR count). The SMILES string of the molecule is Cc1c(-c2[nH]c3sc([C@@H]4CC5C(C)C4CN5C(C)C(N)=O)c(C)c3c2C(C)C)cn2ncnc2c1C. The third-order valence-corrected chi connectivity index (χ3v) is 10.7. The number of rotatable bonds is 5. The summed E-state index contributed by atoms with van der Waals surface area (Å²) in [5.41, 5.74) is 14.2. The van der Waals surface area contributed by atoms with Gasteiger partial charge in [0.15, 0.2) is 5.65 Å². The molecule has 1 amide bonds. The molecule has 3 N–H and O–H groups in total. The summed E-state index contributed by atoms with van der Waals surface area (Å²) in [7, 11) is 0. The molecule has 36 heavy (non-hydrogen) atoms. The number of amides is 1. The Bertz CT molecular complexity index is 1510. The van der Waals surface area contributed by atoms with E-state index in [0.717, 1.165) is 18.6 Å². The van der Waals surface area contributed by atoms with Gasteiger partial charge in [0.1, 0.15) is 11.2 Å². The summed E-state index contributed by atoms with van der Waals surface area (Å²) in [6.07, 6.45) is 4.85. The fraction of sp³-hybridized carbons (Fsp3) is 0.536. The Kier molecular flexibility index (Phi) is 5.36. The molecule has 2 aliphatic rings. The summed E-state index contributed by atoms with van der Waals surface area (Å²) in [6, 6.07) is 0.245. The van der Waals surface area contributed by atoms with E-state index in [4.69, 9.17) is 5.73 Å². The number of primary amides is 1. The van der Waals surface area contributed by atoms with E-state index < -0.39 is 0 Å². The van der Waals surface area contributed by atoms with Crippen molar-refractivity contribution >= 4 is 33.1 Å². The highest BCUT2D eigenvalue weighted by Crippen LogP contribution is 2.55. The molecule has 7 nitrogen and oxygen atoms in total. The Morgan fingerprint density at radius 3 is 2.58 bits per heavy atom. The zero-order valence-corrected chi connectivity index (χ0v) is 23.0. The van der Waals surface area contributed by atoms with Crippen LogP contribution in [0.15, 0.2) is 12.5 Å². The molecule has 0 radical (unpaired) electrons. The first kappa shape index (κ1) is 23.7. The van der Waals surface area contributed by atoms with E-state index in [1.807, 2.05) is 22.8 Å². The fourth-order valence-electron chi connectivity index (χ4n) is 7.17. The number of hydrogen-bond acceptors (Lipinski definition) is 5. The predicted octanol–water partition coefficient (Wildman–Crippen LogP) is 5.29. The van der Waals surface area contributed by atoms with Crippen molar-refractivity contribution in [3.8, 4) is 11.3 Å². The molecule has 4 aromatic heterocycles. The van der Waals surface area contributed by atoms with Crippen LogP contribution in [0.25, 0.3) is 27.1 Å². The van der Waals surface area contributed by atoms with E-state index in [-0.39, 0.29) is 11.9 Å². The van der Waals surface area contributed by atoms with Crippen LogP contribution in [0.4, 0.5) is 0 Å². The van der Waals surface area contributed by atoms with E-state index >= 15 is 0 Å². The number of H-pyrrole nitrogens is 1. The second-order valence-corrected chi connectivity index (χ2v) is 12.4. The number of nitrogens with zero attached hydrogens (tertiary/aromatic N) is 4. The Hall–Kier alpha value is -2.71. The van der Waals surface area contributed by atoms with Gasteiger partial charge < -0.3 is 10.7 Å². The highest BCUT2D eigenvalue weighted by atomic mass is 32.1. The van der Waals surface area contributed by atoms with Gasteiger partial charge >= 0.3 is 0 Å². The molecule has 2 bridgehead atoms. The quantitative estimate of drug-likeness (QED) is 0.386. The van der Waals surface area contributed by atoms with E-state index in [0.29, 0.717) is 29.7 Å². The fourth-order valence-corrected chi connectivity index (χ4v) is 8.58. The number of nitrogens with one attached hydrogen (secondary N) is 1. The van der Waals surface area contributed by atoms with E-state index in [1.54, 1.807) is 6.33 Å². The van der Waals surface area contributed by atoms with Gasteiger partial charge in [0, 0.05) is 34.6 Å². The maximum Gasteiger partial charge on any atom is 0.234 e. The summed E-state index contributed by atoms with van der Waals surface area (Å²) in [5, 5.41) is 5.82. The number of carbonyl (C=O) groups excluding carboxylic acids is 1. The van der Waals surface area contributed by atoms with Crippen molar-refractivity contribution in [1.82, 2.24) is 24.5 Å². The van der Waals surface area contributed by atoms with Crippen molar-refractivity contribution in [3.05, 3.63) is 39.7 Å². The Balaban J connectivity index is 1.44. The monoisotopic (exact) mass is 504 g/mol. The van der Waals surface area contributed by atoms with Gasteiger partial charge in [-0.1, -0.05) is 20.8 Å². The van der Waals surface area contributed by atoms with E-state index in [2.05, 4.69) is 67.7 Å². The normalized spacial score (nSPS) is 25.1. The summed E-state index contributed by atoms with van der Waals surface area (Å²) < 4.78 is 1.89. The van der Waals surface area contributed by atoms with Crippen molar-refractivity contribution in [1.29, 1.82) is 0 Å². The minimum absolute atomic E-state index is 0.188. The Labute approximate surface area is 216 Å². The van der Waals surface area contributed by atoms with Gasteiger partial charge in [-0.3, -0.25) is 9.69 Å². The zero-order valence-electron chi connectivity index (χ0n) is 22.2. The summed E-state index contributed by atoms with van der Waals surface area (Å²) in [4.78, 5) is 25.3. The van der Waals surface area contributed by atoms with Crippen molar-refractivity contribution < 1.29 is 4.79 Å². The summed E-state index contributed by atoms with van der Waals surface area (Å²) in [6.45, 7) is 16.5. The zero-order chi connectivity index (χ0) is 25.6. The third-order valence-electron chi connectivity index (χ3n) is 9.32. The number of thiophene rings is 1. The van der Waals surface area contributed by atoms with Crippen molar-refractivity contribution in [2.45, 2.75) is 78.8 Å². The van der Waals surface area contributed by atoms with Crippen LogP contribution in [0.5, 0.6) is 0 Å². The van der Waals surface area contributed by atoms with E-state index in [1.165, 1.54) is 48.6 Å². The van der Waals surface area contributed by atoms with Crippen LogP contribution in [-0.2, 0) is 4.79 Å². The van der Waals surface area contributed by atoms with Gasteiger partial charge in [-0.05, 0) is 80.0 Å². The minimum Gasteiger partial charge on any atom is -0.368 e. The molecule has 8 heteroatoms. The molecular formula is C28H36N6OS. The van der Waals surface area contributed by atoms with Crippen LogP contribution in [0.1, 0.15) is 73.1 Å². The average Bonchev–Trinajstić information content (AvgIpc) is 3.63. The molecule has 1 aliphatic heterocycles. The Morgan fingerprint density at radius 2 is 1.94 bits per heavy atom. The van der Waals surface area contributed by atoms with Crippen LogP contribution in [0.3, 0.4) is 0 Å². The van der Waals surface area contributed by atoms with E-state index in [9.17, 15) is 4.79 Å². The smallest absolute Gasteiger partial charge is 0.234 e. The van der Waals surface area contributed by atoms with Crippen molar-refractivity contribution in [2.75, 3.05) is 6.54 Å². The molecule has 1 saturated carbocycles. The number of piperidine rings is 1. The first-order valence-electron chi connectivity index (χ1n) is 13.1. The lowest BCUT2D eigenvalue weighted by Crippen LogP contribution is -2.47. The molecular weight excluding hydrogens is 468 g/mol. The van der Waals surface area contributed by atoms with Crippen molar-refractivity contribution in [2.24, 2.45) is 17.6 Å². The van der Waals surface area contributed by atoms with Crippen LogP contribution < -0.4 is 5.73 Å². The van der Waals surface area contributed by atoms with Gasteiger partial charge in [-0.15, -0.1) is 11.3 Å². The molecule has 2 fully saturated rings. The number of fused-ring (bicyclic) bond motifs is 4. The second-order valence-electron chi connectivity index (χ2n) is 11.4. The van der Waals surface area contributed by atoms with Crippen LogP contribution in [-0.4, -0.2) is 49.0 Å². The minimum atomic E-state index is -0.212. The second kappa shape index (κ2) is 8.15. The van der Waals surface area contributed by atoms with Gasteiger partial charge in [-0.2, -0.15) is 5.10 Å². The number of aromatic nitrogens is 4. The number of aromatic amines is 1. The molecule has 4 aromatic rings. The first-order chi connectivity index (χ1) is 17.1. The lowest BCUT2D eigenvalue weighted by molar-refractivity contribution is -0.123. The van der Waals surface area contributed by atoms with Crippen LogP contribution >= 0.6 is 11.3 Å². The van der Waals surface area contributed by atoms with Gasteiger partial charge in [0.25, 0.3) is 0 Å². The van der Waals surface area contributed by atoms with Gasteiger partial charge in [0.05, 0.1) is 11.7 Å². The lowest BCUT2D eigenvalue weighted by Gasteiger charge is -2.34. The predicted molar refractivity (Wildman–Crippen MR) is 146 cm³/mol. The topological polar surface area (TPSA) is 92.3 Å². The first-order valence-corrected chi connectivity index (χ1v) is 13.9. The summed E-state index contributed by atoms with van der Waals surface area (Å²) >= 11 is 1.94. The molecule has 4 unspecified atom stereocenters. The van der Waals surface area contributed by atoms with Crippen molar-refractivity contribution in [3.63, 3.8) is 0 Å². The maximum atomic E-state index is 11.9. The molecule has 5 heterocycles. The molecule has 5 atom stereocenters. The number of pyridine rings is 1. The number of likely N-dealkylation sites (tertiary alicyclic amines) is 1. The number of aryl methyl sites for hydroxylation is 2. The highest BCUT2D eigenvalue weighted by molar-refractivity contribution is 7.19. The van der Waals surface area contributed by atoms with Crippen LogP contribution in [0, 0.1) is 32.6 Å². The molecule has 190 valence electrons. The standard InChI is InChI=1S/C28H36N6OS/c1-12(2)22-23-16(6)25(18-8-21-15(5)19(18)9-33(21)17(7)26(29)35)36-28(23)32-24(22)20-10-34-27(30-11-31-34)14(4)13(20)3/h10-12,15,17-19,21,32H,8-9H2,1-7H3,(H2,29,35)/t15?,17?,18-,19?,21?/m1/s1. The highest BCUT2D eigenvalue weighted by Gasteiger charge is 2.53. The number of carbonyl (C=O) groups is 1. The maximum absolute atomic E-state index is 11.9. The van der Waals surface area contributed by atoms with Gasteiger partial charge in [-0.25, -0.2) is 9.50 Å².